The SMILES string of the molecule is CCC(=O)OC(C)C(CCCCCCCCC(=O)O)(C(=O)O)C(C)OC(=O)CC. The van der Waals surface area contributed by atoms with E-state index in [0.717, 1.165) is 25.7 Å². The summed E-state index contributed by atoms with van der Waals surface area (Å²) in [4.78, 5) is 46.3. The number of rotatable bonds is 16. The van der Waals surface area contributed by atoms with Crippen molar-refractivity contribution in [1.29, 1.82) is 0 Å². The van der Waals surface area contributed by atoms with Crippen LogP contribution in [0.1, 0.15) is 91.9 Å². The molecule has 0 spiro atoms. The number of aliphatic carboxylic acids is 2. The number of unbranched alkanes of at least 4 members (excludes halogenated alkanes) is 5. The lowest BCUT2D eigenvalue weighted by molar-refractivity contribution is -0.186. The fourth-order valence-electron chi connectivity index (χ4n) is 3.36. The summed E-state index contributed by atoms with van der Waals surface area (Å²) >= 11 is 0. The number of hydrogen-bond donors (Lipinski definition) is 2. The number of carboxylic acids is 2. The number of carbonyl (C=O) groups excluding carboxylic acids is 2. The molecule has 0 heterocycles. The molecular weight excluding hydrogens is 380 g/mol. The average Bonchev–Trinajstić information content (AvgIpc) is 2.65. The van der Waals surface area contributed by atoms with Crippen molar-refractivity contribution in [2.75, 3.05) is 0 Å². The Morgan fingerprint density at radius 1 is 0.759 bits per heavy atom. The summed E-state index contributed by atoms with van der Waals surface area (Å²) in [6.45, 7) is 6.32. The minimum absolute atomic E-state index is 0.125. The third kappa shape index (κ3) is 9.28. The zero-order chi connectivity index (χ0) is 22.4. The molecule has 0 aromatic heterocycles. The Bertz CT molecular complexity index is 519. The lowest BCUT2D eigenvalue weighted by atomic mass is 9.73. The minimum Gasteiger partial charge on any atom is -0.481 e. The lowest BCUT2D eigenvalue weighted by Gasteiger charge is -2.39. The van der Waals surface area contributed by atoms with Crippen molar-refractivity contribution < 1.29 is 38.9 Å². The molecule has 0 aliphatic heterocycles. The van der Waals surface area contributed by atoms with Crippen molar-refractivity contribution in [2.24, 2.45) is 5.41 Å². The van der Waals surface area contributed by atoms with Crippen LogP contribution in [-0.2, 0) is 28.7 Å². The quantitative estimate of drug-likeness (QED) is 0.286. The van der Waals surface area contributed by atoms with Crippen LogP contribution in [-0.4, -0.2) is 46.3 Å². The fourth-order valence-corrected chi connectivity index (χ4v) is 3.36. The molecule has 2 N–H and O–H groups in total. The summed E-state index contributed by atoms with van der Waals surface area (Å²) in [7, 11) is 0. The third-order valence-corrected chi connectivity index (χ3v) is 5.27. The second-order valence-corrected chi connectivity index (χ2v) is 7.33. The van der Waals surface area contributed by atoms with Crippen LogP contribution in [0.2, 0.25) is 0 Å². The predicted octanol–water partition coefficient (Wildman–Crippen LogP) is 3.95. The van der Waals surface area contributed by atoms with Crippen molar-refractivity contribution in [2.45, 2.75) is 104 Å². The Balaban J connectivity index is 5.05. The maximum atomic E-state index is 12.3. The highest BCUT2D eigenvalue weighted by Gasteiger charge is 2.52. The van der Waals surface area contributed by atoms with Gasteiger partial charge in [0.15, 0.2) is 0 Å². The molecule has 0 radical (unpaired) electrons. The maximum Gasteiger partial charge on any atom is 0.317 e. The van der Waals surface area contributed by atoms with Gasteiger partial charge in [-0.25, -0.2) is 0 Å². The molecule has 0 aromatic rings. The van der Waals surface area contributed by atoms with Gasteiger partial charge in [-0.15, -0.1) is 0 Å². The molecule has 0 rings (SSSR count). The lowest BCUT2D eigenvalue weighted by Crippen LogP contribution is -2.52. The van der Waals surface area contributed by atoms with E-state index in [0.29, 0.717) is 12.8 Å². The molecule has 8 heteroatoms. The van der Waals surface area contributed by atoms with E-state index < -0.39 is 41.5 Å². The normalized spacial score (nSPS) is 15.0. The van der Waals surface area contributed by atoms with Gasteiger partial charge in [0.1, 0.15) is 17.6 Å². The maximum absolute atomic E-state index is 12.3. The van der Waals surface area contributed by atoms with E-state index in [2.05, 4.69) is 0 Å². The molecule has 0 aliphatic rings. The van der Waals surface area contributed by atoms with Gasteiger partial charge in [0.05, 0.1) is 0 Å². The third-order valence-electron chi connectivity index (χ3n) is 5.27. The van der Waals surface area contributed by atoms with Crippen molar-refractivity contribution in [3.63, 3.8) is 0 Å². The molecule has 0 aromatic carbocycles. The Morgan fingerprint density at radius 3 is 1.55 bits per heavy atom. The van der Waals surface area contributed by atoms with Gasteiger partial charge in [-0.1, -0.05) is 46.0 Å². The summed E-state index contributed by atoms with van der Waals surface area (Å²) in [6.07, 6.45) is 3.17. The summed E-state index contributed by atoms with van der Waals surface area (Å²) in [5.74, 6) is -2.97. The van der Waals surface area contributed by atoms with Crippen LogP contribution in [0.4, 0.5) is 0 Å². The first-order valence-electron chi connectivity index (χ1n) is 10.5. The second kappa shape index (κ2) is 14.0. The van der Waals surface area contributed by atoms with Gasteiger partial charge in [-0.05, 0) is 26.7 Å². The minimum atomic E-state index is -1.53. The zero-order valence-corrected chi connectivity index (χ0v) is 18.1. The Labute approximate surface area is 172 Å². The predicted molar refractivity (Wildman–Crippen MR) is 106 cm³/mol. The van der Waals surface area contributed by atoms with Crippen LogP contribution in [0.3, 0.4) is 0 Å². The molecule has 0 saturated heterocycles. The van der Waals surface area contributed by atoms with E-state index in [1.807, 2.05) is 0 Å². The zero-order valence-electron chi connectivity index (χ0n) is 18.1. The number of carbonyl (C=O) groups is 4. The van der Waals surface area contributed by atoms with E-state index >= 15 is 0 Å². The largest absolute Gasteiger partial charge is 0.481 e. The topological polar surface area (TPSA) is 127 Å². The van der Waals surface area contributed by atoms with E-state index in [4.69, 9.17) is 14.6 Å². The van der Waals surface area contributed by atoms with E-state index in [9.17, 15) is 24.3 Å². The van der Waals surface area contributed by atoms with Crippen molar-refractivity contribution in [3.05, 3.63) is 0 Å². The smallest absolute Gasteiger partial charge is 0.317 e. The molecule has 2 atom stereocenters. The summed E-state index contributed by atoms with van der Waals surface area (Å²) in [5.41, 5.74) is -1.53. The molecule has 29 heavy (non-hydrogen) atoms. The highest BCUT2D eigenvalue weighted by Crippen LogP contribution is 2.38. The first-order chi connectivity index (χ1) is 13.6. The molecule has 8 nitrogen and oxygen atoms in total. The Morgan fingerprint density at radius 2 is 1.17 bits per heavy atom. The van der Waals surface area contributed by atoms with E-state index in [-0.39, 0.29) is 25.7 Å². The summed E-state index contributed by atoms with van der Waals surface area (Å²) in [6, 6.07) is 0. The van der Waals surface area contributed by atoms with Crippen molar-refractivity contribution >= 4 is 23.9 Å². The molecule has 2 unspecified atom stereocenters. The Hall–Kier alpha value is -2.12. The van der Waals surface area contributed by atoms with Crippen LogP contribution in [0.5, 0.6) is 0 Å². The average molecular weight is 417 g/mol. The van der Waals surface area contributed by atoms with Gasteiger partial charge in [0, 0.05) is 19.3 Å². The second-order valence-electron chi connectivity index (χ2n) is 7.33. The molecular formula is C21H36O8. The first kappa shape index (κ1) is 26.9. The van der Waals surface area contributed by atoms with Crippen LogP contribution in [0.15, 0.2) is 0 Å². The van der Waals surface area contributed by atoms with Gasteiger partial charge < -0.3 is 19.7 Å². The standard InChI is InChI=1S/C21H36O8/c1-5-18(24)28-15(3)21(20(26)27,16(4)29-19(25)6-2)14-12-10-8-7-9-11-13-17(22)23/h15-16H,5-14H2,1-4H3,(H,22,23)(H,26,27). The van der Waals surface area contributed by atoms with Crippen LogP contribution in [0, 0.1) is 5.41 Å². The number of ether oxygens (including phenoxy) is 2. The highest BCUT2D eigenvalue weighted by molar-refractivity contribution is 5.78. The molecule has 0 bridgehead atoms. The fraction of sp³-hybridized carbons (Fsp3) is 0.810. The van der Waals surface area contributed by atoms with E-state index in [1.54, 1.807) is 13.8 Å². The number of esters is 2. The van der Waals surface area contributed by atoms with Gasteiger partial charge in [0.2, 0.25) is 0 Å². The molecule has 0 saturated carbocycles. The Kier molecular flexibility index (Phi) is 12.9. The van der Waals surface area contributed by atoms with Crippen molar-refractivity contribution in [1.82, 2.24) is 0 Å². The van der Waals surface area contributed by atoms with Gasteiger partial charge >= 0.3 is 23.9 Å². The van der Waals surface area contributed by atoms with Crippen LogP contribution < -0.4 is 0 Å². The first-order valence-corrected chi connectivity index (χ1v) is 10.5. The van der Waals surface area contributed by atoms with Crippen LogP contribution in [0.25, 0.3) is 0 Å². The van der Waals surface area contributed by atoms with E-state index in [1.165, 1.54) is 13.8 Å². The number of carboxylic acid groups (broad SMARTS) is 2. The number of hydrogen-bond acceptors (Lipinski definition) is 6. The highest BCUT2D eigenvalue weighted by atomic mass is 16.6. The summed E-state index contributed by atoms with van der Waals surface area (Å²) < 4.78 is 10.7. The van der Waals surface area contributed by atoms with Gasteiger partial charge in [-0.3, -0.25) is 19.2 Å². The van der Waals surface area contributed by atoms with Crippen molar-refractivity contribution in [3.8, 4) is 0 Å². The summed E-state index contributed by atoms with van der Waals surface area (Å²) in [5, 5.41) is 18.7. The van der Waals surface area contributed by atoms with Gasteiger partial charge in [0.25, 0.3) is 0 Å². The molecule has 0 fully saturated rings. The molecule has 168 valence electrons. The molecule has 0 aliphatic carbocycles. The molecule has 0 amide bonds. The van der Waals surface area contributed by atoms with Gasteiger partial charge in [-0.2, -0.15) is 0 Å². The monoisotopic (exact) mass is 416 g/mol. The van der Waals surface area contributed by atoms with Crippen LogP contribution >= 0.6 is 0 Å².